The van der Waals surface area contributed by atoms with Gasteiger partial charge in [0.2, 0.25) is 5.91 Å². The largest absolute Gasteiger partial charge is 0.350 e. The average Bonchev–Trinajstić information content (AvgIpc) is 2.26. The number of nitrogens with one attached hydrogen (secondary N) is 1. The molecule has 0 radical (unpaired) electrons. The minimum atomic E-state index is 0.0272. The van der Waals surface area contributed by atoms with Crippen LogP contribution in [0, 0.1) is 5.92 Å². The standard InChI is InChI=1S/C12H18N2O/c1-4-10-6-5-7-11(14-10)8-13-12(15)9(2)3/h5-7,9H,4,8H2,1-3H3,(H,13,15). The minimum Gasteiger partial charge on any atom is -0.350 e. The van der Waals surface area contributed by atoms with Crippen LogP contribution < -0.4 is 5.32 Å². The van der Waals surface area contributed by atoms with Gasteiger partial charge in [0.1, 0.15) is 0 Å². The van der Waals surface area contributed by atoms with E-state index in [2.05, 4.69) is 17.2 Å². The van der Waals surface area contributed by atoms with Crippen LogP contribution in [-0.4, -0.2) is 10.9 Å². The first-order valence-electron chi connectivity index (χ1n) is 5.36. The van der Waals surface area contributed by atoms with Crippen LogP contribution in [0.15, 0.2) is 18.2 Å². The maximum absolute atomic E-state index is 11.3. The molecule has 0 aliphatic rings. The summed E-state index contributed by atoms with van der Waals surface area (Å²) in [5.41, 5.74) is 1.98. The second-order valence-corrected chi connectivity index (χ2v) is 3.85. The quantitative estimate of drug-likeness (QED) is 0.817. The lowest BCUT2D eigenvalue weighted by Crippen LogP contribution is -2.27. The maximum Gasteiger partial charge on any atom is 0.222 e. The summed E-state index contributed by atoms with van der Waals surface area (Å²) in [5, 5.41) is 2.85. The number of carbonyl (C=O) groups excluding carboxylic acids is 1. The van der Waals surface area contributed by atoms with Gasteiger partial charge in [-0.3, -0.25) is 9.78 Å². The van der Waals surface area contributed by atoms with Crippen molar-refractivity contribution in [3.05, 3.63) is 29.6 Å². The second kappa shape index (κ2) is 5.49. The first-order chi connectivity index (χ1) is 7.13. The molecule has 0 aliphatic heterocycles. The Morgan fingerprint density at radius 1 is 1.40 bits per heavy atom. The van der Waals surface area contributed by atoms with Crippen molar-refractivity contribution >= 4 is 5.91 Å². The first kappa shape index (κ1) is 11.7. The Kier molecular flexibility index (Phi) is 4.28. The van der Waals surface area contributed by atoms with Crippen molar-refractivity contribution in [2.75, 3.05) is 0 Å². The lowest BCUT2D eigenvalue weighted by Gasteiger charge is -2.07. The molecule has 0 aliphatic carbocycles. The van der Waals surface area contributed by atoms with Gasteiger partial charge < -0.3 is 5.32 Å². The van der Waals surface area contributed by atoms with Crippen LogP contribution in [0.25, 0.3) is 0 Å². The number of amides is 1. The van der Waals surface area contributed by atoms with Crippen molar-refractivity contribution in [3.63, 3.8) is 0 Å². The molecule has 1 rings (SSSR count). The molecule has 0 aromatic carbocycles. The molecule has 0 saturated heterocycles. The smallest absolute Gasteiger partial charge is 0.222 e. The van der Waals surface area contributed by atoms with Crippen LogP contribution in [-0.2, 0) is 17.8 Å². The lowest BCUT2D eigenvalue weighted by atomic mass is 10.2. The maximum atomic E-state index is 11.3. The second-order valence-electron chi connectivity index (χ2n) is 3.85. The molecule has 0 saturated carbocycles. The van der Waals surface area contributed by atoms with Crippen molar-refractivity contribution in [2.24, 2.45) is 5.92 Å². The molecule has 15 heavy (non-hydrogen) atoms. The van der Waals surface area contributed by atoms with E-state index in [-0.39, 0.29) is 11.8 Å². The minimum absolute atomic E-state index is 0.0272. The number of aryl methyl sites for hydroxylation is 1. The van der Waals surface area contributed by atoms with Gasteiger partial charge in [-0.1, -0.05) is 26.8 Å². The van der Waals surface area contributed by atoms with Crippen LogP contribution in [0.1, 0.15) is 32.2 Å². The summed E-state index contributed by atoms with van der Waals surface area (Å²) in [4.78, 5) is 15.7. The van der Waals surface area contributed by atoms with Crippen molar-refractivity contribution < 1.29 is 4.79 Å². The van der Waals surface area contributed by atoms with Crippen molar-refractivity contribution in [1.82, 2.24) is 10.3 Å². The van der Waals surface area contributed by atoms with E-state index in [4.69, 9.17) is 0 Å². The normalized spacial score (nSPS) is 10.4. The highest BCUT2D eigenvalue weighted by Crippen LogP contribution is 2.00. The Bertz CT molecular complexity index is 334. The van der Waals surface area contributed by atoms with Gasteiger partial charge in [0.25, 0.3) is 0 Å². The van der Waals surface area contributed by atoms with Crippen LogP contribution in [0.2, 0.25) is 0 Å². The van der Waals surface area contributed by atoms with Gasteiger partial charge in [0, 0.05) is 11.6 Å². The molecule has 1 aromatic rings. The predicted molar refractivity (Wildman–Crippen MR) is 60.3 cm³/mol. The molecule has 1 heterocycles. The molecule has 0 atom stereocenters. The number of carbonyl (C=O) groups is 1. The Morgan fingerprint density at radius 3 is 2.67 bits per heavy atom. The summed E-state index contributed by atoms with van der Waals surface area (Å²) in [6, 6.07) is 5.90. The molecule has 0 spiro atoms. The monoisotopic (exact) mass is 206 g/mol. The zero-order chi connectivity index (χ0) is 11.3. The van der Waals surface area contributed by atoms with Crippen LogP contribution >= 0.6 is 0 Å². The van der Waals surface area contributed by atoms with E-state index in [0.717, 1.165) is 17.8 Å². The van der Waals surface area contributed by atoms with Crippen LogP contribution in [0.4, 0.5) is 0 Å². The molecule has 3 nitrogen and oxygen atoms in total. The average molecular weight is 206 g/mol. The number of rotatable bonds is 4. The van der Waals surface area contributed by atoms with E-state index in [1.54, 1.807) is 0 Å². The van der Waals surface area contributed by atoms with Gasteiger partial charge in [-0.2, -0.15) is 0 Å². The predicted octanol–water partition coefficient (Wildman–Crippen LogP) is 1.92. The summed E-state index contributed by atoms with van der Waals surface area (Å²) in [6.45, 7) is 6.35. The Labute approximate surface area is 90.9 Å². The van der Waals surface area contributed by atoms with Crippen molar-refractivity contribution in [2.45, 2.75) is 33.7 Å². The van der Waals surface area contributed by atoms with E-state index in [1.807, 2.05) is 32.0 Å². The topological polar surface area (TPSA) is 42.0 Å². The van der Waals surface area contributed by atoms with Gasteiger partial charge in [-0.05, 0) is 18.6 Å². The summed E-state index contributed by atoms with van der Waals surface area (Å²) in [7, 11) is 0. The van der Waals surface area contributed by atoms with Gasteiger partial charge in [-0.15, -0.1) is 0 Å². The summed E-state index contributed by atoms with van der Waals surface area (Å²) in [6.07, 6.45) is 0.923. The van der Waals surface area contributed by atoms with Gasteiger partial charge in [0.15, 0.2) is 0 Å². The summed E-state index contributed by atoms with van der Waals surface area (Å²) >= 11 is 0. The Morgan fingerprint density at radius 2 is 2.07 bits per heavy atom. The molecule has 1 N–H and O–H groups in total. The summed E-state index contributed by atoms with van der Waals surface area (Å²) < 4.78 is 0. The highest BCUT2D eigenvalue weighted by Gasteiger charge is 2.06. The summed E-state index contributed by atoms with van der Waals surface area (Å²) in [5.74, 6) is 0.0954. The molecule has 0 fully saturated rings. The number of hydrogen-bond donors (Lipinski definition) is 1. The van der Waals surface area contributed by atoms with E-state index in [9.17, 15) is 4.79 Å². The van der Waals surface area contributed by atoms with E-state index in [1.165, 1.54) is 0 Å². The first-order valence-corrected chi connectivity index (χ1v) is 5.36. The number of hydrogen-bond acceptors (Lipinski definition) is 2. The molecule has 0 unspecified atom stereocenters. The highest BCUT2D eigenvalue weighted by molar-refractivity contribution is 5.77. The highest BCUT2D eigenvalue weighted by atomic mass is 16.1. The fourth-order valence-electron chi connectivity index (χ4n) is 1.21. The number of aromatic nitrogens is 1. The van der Waals surface area contributed by atoms with E-state index >= 15 is 0 Å². The lowest BCUT2D eigenvalue weighted by molar-refractivity contribution is -0.124. The van der Waals surface area contributed by atoms with Gasteiger partial charge in [-0.25, -0.2) is 0 Å². The molecule has 3 heteroatoms. The third kappa shape index (κ3) is 3.70. The van der Waals surface area contributed by atoms with Crippen LogP contribution in [0.3, 0.4) is 0 Å². The van der Waals surface area contributed by atoms with E-state index in [0.29, 0.717) is 6.54 Å². The zero-order valence-electron chi connectivity index (χ0n) is 9.58. The van der Waals surface area contributed by atoms with Gasteiger partial charge in [0.05, 0.1) is 12.2 Å². The van der Waals surface area contributed by atoms with Crippen LogP contribution in [0.5, 0.6) is 0 Å². The zero-order valence-corrected chi connectivity index (χ0v) is 9.58. The molecular weight excluding hydrogens is 188 g/mol. The van der Waals surface area contributed by atoms with Crippen molar-refractivity contribution in [1.29, 1.82) is 0 Å². The molecule has 82 valence electrons. The fourth-order valence-corrected chi connectivity index (χ4v) is 1.21. The molecular formula is C12H18N2O. The van der Waals surface area contributed by atoms with Crippen molar-refractivity contribution in [3.8, 4) is 0 Å². The molecule has 1 amide bonds. The third-order valence-electron chi connectivity index (χ3n) is 2.19. The van der Waals surface area contributed by atoms with E-state index < -0.39 is 0 Å². The number of nitrogens with zero attached hydrogens (tertiary/aromatic N) is 1. The fraction of sp³-hybridized carbons (Fsp3) is 0.500. The third-order valence-corrected chi connectivity index (χ3v) is 2.19. The Balaban J connectivity index is 2.54. The van der Waals surface area contributed by atoms with Gasteiger partial charge >= 0.3 is 0 Å². The SMILES string of the molecule is CCc1cccc(CNC(=O)C(C)C)n1. The number of pyridine rings is 1. The Hall–Kier alpha value is -1.38. The molecule has 1 aromatic heterocycles. The molecule has 0 bridgehead atoms.